The second kappa shape index (κ2) is 16.5. The number of hydrogen-bond donors (Lipinski definition) is 0. The van der Waals surface area contributed by atoms with Gasteiger partial charge in [0, 0.05) is 0 Å². The number of ether oxygens (including phenoxy) is 4. The average molecular weight is 458 g/mol. The van der Waals surface area contributed by atoms with Crippen LogP contribution in [0.5, 0.6) is 0 Å². The quantitative estimate of drug-likeness (QED) is 0.0940. The number of carbonyl (C=O) groups is 1. The van der Waals surface area contributed by atoms with Gasteiger partial charge in [-0.2, -0.15) is 0 Å². The van der Waals surface area contributed by atoms with Crippen LogP contribution in [0.15, 0.2) is 36.5 Å². The number of hydrogen-bond acceptors (Lipinski definition) is 6. The molecular weight excluding hydrogens is 434 g/mol. The molecule has 0 saturated carbocycles. The summed E-state index contributed by atoms with van der Waals surface area (Å²) in [6.07, 6.45) is 2.99. The van der Waals surface area contributed by atoms with Gasteiger partial charge in [0.15, 0.2) is 0 Å². The largest absolute Gasteiger partial charge is 0.465 e. The molecule has 0 aromatic heterocycles. The first-order valence-electron chi connectivity index (χ1n) is 6.98. The zero-order chi connectivity index (χ0) is 17.3. The van der Waals surface area contributed by atoms with Gasteiger partial charge in [-0.3, -0.25) is 0 Å². The summed E-state index contributed by atoms with van der Waals surface area (Å²) < 4.78 is 26.0. The van der Waals surface area contributed by atoms with Crippen molar-refractivity contribution in [1.82, 2.24) is 0 Å². The molecule has 0 spiro atoms. The first-order chi connectivity index (χ1) is 11.2. The standard InChI is InChI=1S/C15H24IO6P/c1-4-13(14(5-2)15(17)18-3)12-21-9-8-19-6-7-20-10-11-22-23-16/h4-5,23H,1-2,6-12H2,3H3/b14-13-. The molecule has 0 rings (SSSR count). The fourth-order valence-corrected chi connectivity index (χ4v) is 2.28. The summed E-state index contributed by atoms with van der Waals surface area (Å²) in [6, 6.07) is 0. The Kier molecular flexibility index (Phi) is 16.3. The van der Waals surface area contributed by atoms with Crippen molar-refractivity contribution in [2.45, 2.75) is 0 Å². The Bertz CT molecular complexity index is 386. The lowest BCUT2D eigenvalue weighted by molar-refractivity contribution is -0.135. The SMILES string of the molecule is C=C/C(COCCOCCOCCOPI)=C(\C=C)C(=O)OC. The number of halogens is 1. The zero-order valence-electron chi connectivity index (χ0n) is 13.3. The monoisotopic (exact) mass is 458 g/mol. The highest BCUT2D eigenvalue weighted by Gasteiger charge is 2.10. The smallest absolute Gasteiger partial charge is 0.338 e. The van der Waals surface area contributed by atoms with Crippen molar-refractivity contribution < 1.29 is 28.3 Å². The summed E-state index contributed by atoms with van der Waals surface area (Å²) in [4.78, 5) is 11.5. The minimum absolute atomic E-state index is 0.244. The Morgan fingerprint density at radius 2 is 1.57 bits per heavy atom. The first kappa shape index (κ1) is 22.7. The van der Waals surface area contributed by atoms with Crippen molar-refractivity contribution >= 4 is 34.5 Å². The molecule has 0 aliphatic rings. The molecule has 0 bridgehead atoms. The number of esters is 1. The molecule has 0 aromatic rings. The molecule has 0 heterocycles. The third kappa shape index (κ3) is 11.8. The van der Waals surface area contributed by atoms with Crippen molar-refractivity contribution in [2.24, 2.45) is 0 Å². The molecular formula is C15H24IO6P. The number of rotatable bonds is 15. The molecule has 0 aliphatic heterocycles. The number of carbonyl (C=O) groups excluding carboxylic acids is 1. The maximum atomic E-state index is 11.5. The highest BCUT2D eigenvalue weighted by Crippen LogP contribution is 2.20. The van der Waals surface area contributed by atoms with Crippen LogP contribution < -0.4 is 0 Å². The van der Waals surface area contributed by atoms with Gasteiger partial charge in [0.25, 0.3) is 0 Å². The fourth-order valence-electron chi connectivity index (χ4n) is 1.46. The molecule has 0 N–H and O–H groups in total. The Morgan fingerprint density at radius 1 is 1.00 bits per heavy atom. The van der Waals surface area contributed by atoms with Crippen molar-refractivity contribution in [3.63, 3.8) is 0 Å². The van der Waals surface area contributed by atoms with Crippen LogP contribution in [0.1, 0.15) is 0 Å². The van der Waals surface area contributed by atoms with E-state index in [9.17, 15) is 4.79 Å². The minimum atomic E-state index is -0.459. The minimum Gasteiger partial charge on any atom is -0.465 e. The van der Waals surface area contributed by atoms with Crippen LogP contribution >= 0.6 is 28.5 Å². The average Bonchev–Trinajstić information content (AvgIpc) is 2.58. The number of methoxy groups -OCH3 is 1. The van der Waals surface area contributed by atoms with E-state index in [1.807, 2.05) is 0 Å². The molecule has 6 nitrogen and oxygen atoms in total. The molecule has 132 valence electrons. The molecule has 0 radical (unpaired) electrons. The van der Waals surface area contributed by atoms with Crippen LogP contribution in [0.4, 0.5) is 0 Å². The van der Waals surface area contributed by atoms with Crippen LogP contribution in [0.3, 0.4) is 0 Å². The Hall–Kier alpha value is -0.310. The topological polar surface area (TPSA) is 63.2 Å². The second-order valence-electron chi connectivity index (χ2n) is 4.04. The van der Waals surface area contributed by atoms with Gasteiger partial charge in [0.1, 0.15) is 0 Å². The van der Waals surface area contributed by atoms with Gasteiger partial charge in [-0.25, -0.2) is 4.79 Å². The summed E-state index contributed by atoms with van der Waals surface area (Å²) >= 11 is 2.16. The van der Waals surface area contributed by atoms with Gasteiger partial charge >= 0.3 is 5.97 Å². The van der Waals surface area contributed by atoms with Crippen LogP contribution in [0, 0.1) is 0 Å². The van der Waals surface area contributed by atoms with E-state index >= 15 is 0 Å². The van der Waals surface area contributed by atoms with E-state index in [1.54, 1.807) is 6.08 Å². The van der Waals surface area contributed by atoms with E-state index in [1.165, 1.54) is 13.2 Å². The maximum absolute atomic E-state index is 11.5. The normalized spacial score (nSPS) is 12.3. The van der Waals surface area contributed by atoms with Gasteiger partial charge in [0.05, 0.1) is 65.4 Å². The molecule has 0 amide bonds. The van der Waals surface area contributed by atoms with Crippen LogP contribution in [0.25, 0.3) is 0 Å². The summed E-state index contributed by atoms with van der Waals surface area (Å²) in [6.45, 7) is 11.0. The van der Waals surface area contributed by atoms with Gasteiger partial charge in [-0.15, -0.1) is 0 Å². The Labute approximate surface area is 152 Å². The van der Waals surface area contributed by atoms with Gasteiger partial charge in [-0.05, 0) is 27.6 Å². The molecule has 8 heteroatoms. The van der Waals surface area contributed by atoms with E-state index < -0.39 is 5.97 Å². The molecule has 23 heavy (non-hydrogen) atoms. The Morgan fingerprint density at radius 3 is 2.04 bits per heavy atom. The van der Waals surface area contributed by atoms with Gasteiger partial charge < -0.3 is 23.5 Å². The van der Waals surface area contributed by atoms with Crippen LogP contribution in [-0.2, 0) is 28.3 Å². The maximum Gasteiger partial charge on any atom is 0.338 e. The van der Waals surface area contributed by atoms with E-state index in [-0.39, 0.29) is 6.61 Å². The zero-order valence-corrected chi connectivity index (χ0v) is 16.5. The molecule has 0 fully saturated rings. The van der Waals surface area contributed by atoms with E-state index in [0.29, 0.717) is 57.2 Å². The summed E-state index contributed by atoms with van der Waals surface area (Å²) in [5.74, 6) is -0.459. The summed E-state index contributed by atoms with van der Waals surface area (Å²) in [5.41, 5.74) is 0.984. The summed E-state index contributed by atoms with van der Waals surface area (Å²) in [7, 11) is 1.32. The lowest BCUT2D eigenvalue weighted by Gasteiger charge is -2.09. The predicted molar refractivity (Wildman–Crippen MR) is 100 cm³/mol. The second-order valence-corrected chi connectivity index (χ2v) is 5.81. The Balaban J connectivity index is 3.77. The molecule has 0 aromatic carbocycles. The van der Waals surface area contributed by atoms with Crippen LogP contribution in [-0.4, -0.2) is 59.3 Å². The highest BCUT2D eigenvalue weighted by molar-refractivity contribution is 14.2. The highest BCUT2D eigenvalue weighted by atomic mass is 127. The third-order valence-electron chi connectivity index (χ3n) is 2.59. The van der Waals surface area contributed by atoms with Crippen molar-refractivity contribution in [1.29, 1.82) is 0 Å². The fraction of sp³-hybridized carbons (Fsp3) is 0.533. The van der Waals surface area contributed by atoms with Crippen molar-refractivity contribution in [3.8, 4) is 0 Å². The lowest BCUT2D eigenvalue weighted by atomic mass is 10.1. The van der Waals surface area contributed by atoms with Crippen molar-refractivity contribution in [2.75, 3.05) is 53.4 Å². The first-order valence-corrected chi connectivity index (χ1v) is 11.0. The molecule has 0 aliphatic carbocycles. The molecule has 0 saturated heterocycles. The molecule has 1 atom stereocenters. The summed E-state index contributed by atoms with van der Waals surface area (Å²) in [5, 5.41) is 0. The van der Waals surface area contributed by atoms with E-state index in [0.717, 1.165) is 0 Å². The van der Waals surface area contributed by atoms with Crippen molar-refractivity contribution in [3.05, 3.63) is 36.5 Å². The van der Waals surface area contributed by atoms with Gasteiger partial charge in [-0.1, -0.05) is 25.3 Å². The van der Waals surface area contributed by atoms with Crippen LogP contribution in [0.2, 0.25) is 0 Å². The predicted octanol–water partition coefficient (Wildman–Crippen LogP) is 2.84. The van der Waals surface area contributed by atoms with E-state index in [4.69, 9.17) is 18.7 Å². The van der Waals surface area contributed by atoms with Gasteiger partial charge in [0.2, 0.25) is 0 Å². The third-order valence-corrected chi connectivity index (χ3v) is 3.84. The van der Waals surface area contributed by atoms with E-state index in [2.05, 4.69) is 39.9 Å². The lowest BCUT2D eigenvalue weighted by Crippen LogP contribution is -2.13. The molecule has 1 unspecified atom stereocenters.